The molecule has 0 aliphatic rings. The van der Waals surface area contributed by atoms with Crippen molar-refractivity contribution in [2.75, 3.05) is 25.0 Å². The number of hydrogen-bond donors (Lipinski definition) is 2. The third-order valence-electron chi connectivity index (χ3n) is 2.57. The van der Waals surface area contributed by atoms with Crippen molar-refractivity contribution in [1.29, 1.82) is 0 Å². The van der Waals surface area contributed by atoms with Crippen LogP contribution in [0.25, 0.3) is 0 Å². The first-order chi connectivity index (χ1) is 9.32. The first-order valence-electron chi connectivity index (χ1n) is 6.01. The molecule has 1 rings (SSSR count). The second kappa shape index (κ2) is 6.78. The molecule has 0 unspecified atom stereocenters. The number of nitrogens with one attached hydrogen (secondary N) is 1. The molecule has 0 bridgehead atoms. The average Bonchev–Trinajstić information content (AvgIpc) is 2.34. The summed E-state index contributed by atoms with van der Waals surface area (Å²) < 4.78 is 39.3. The molecule has 112 valence electrons. The van der Waals surface area contributed by atoms with Gasteiger partial charge in [0.25, 0.3) is 0 Å². The van der Waals surface area contributed by atoms with Crippen molar-refractivity contribution in [3.8, 4) is 0 Å². The normalized spacial score (nSPS) is 11.7. The van der Waals surface area contributed by atoms with Gasteiger partial charge in [-0.1, -0.05) is 6.92 Å². The highest BCUT2D eigenvalue weighted by Crippen LogP contribution is 2.22. The van der Waals surface area contributed by atoms with Crippen LogP contribution in [0.1, 0.15) is 13.8 Å². The molecule has 8 heteroatoms. The van der Waals surface area contributed by atoms with Gasteiger partial charge < -0.3 is 10.4 Å². The summed E-state index contributed by atoms with van der Waals surface area (Å²) in [7, 11) is -4.00. The largest absolute Gasteiger partial charge is 0.395 e. The molecule has 1 amide bonds. The Balaban J connectivity index is 3.16. The molecule has 0 radical (unpaired) electrons. The van der Waals surface area contributed by atoms with E-state index >= 15 is 0 Å². The molecule has 0 aliphatic carbocycles. The predicted octanol–water partition coefficient (Wildman–Crippen LogP) is 0.787. The fraction of sp³-hybridized carbons (Fsp3) is 0.417. The number of rotatable bonds is 6. The maximum absolute atomic E-state index is 13.9. The minimum atomic E-state index is -4.00. The number of benzene rings is 1. The number of aliphatic hydroxyl groups is 1. The van der Waals surface area contributed by atoms with Crippen LogP contribution in [0.3, 0.4) is 0 Å². The van der Waals surface area contributed by atoms with E-state index in [9.17, 15) is 17.6 Å². The number of halogens is 1. The van der Waals surface area contributed by atoms with Gasteiger partial charge in [0.05, 0.1) is 6.61 Å². The summed E-state index contributed by atoms with van der Waals surface area (Å²) in [5, 5.41) is 11.2. The van der Waals surface area contributed by atoms with Crippen LogP contribution in [0, 0.1) is 5.82 Å². The molecule has 20 heavy (non-hydrogen) atoms. The van der Waals surface area contributed by atoms with Gasteiger partial charge in [-0.25, -0.2) is 12.8 Å². The van der Waals surface area contributed by atoms with Gasteiger partial charge in [0.15, 0.2) is 0 Å². The molecule has 0 fully saturated rings. The van der Waals surface area contributed by atoms with Crippen molar-refractivity contribution in [3.05, 3.63) is 24.0 Å². The number of nitrogens with zero attached hydrogens (tertiary/aromatic N) is 1. The van der Waals surface area contributed by atoms with Crippen LogP contribution in [0.5, 0.6) is 0 Å². The maximum Gasteiger partial charge on any atom is 0.246 e. The Kier molecular flexibility index (Phi) is 5.61. The van der Waals surface area contributed by atoms with Crippen molar-refractivity contribution >= 4 is 21.6 Å². The second-order valence-electron chi connectivity index (χ2n) is 4.05. The summed E-state index contributed by atoms with van der Waals surface area (Å²) in [5.41, 5.74) is 0.180. The molecule has 0 spiro atoms. The zero-order chi connectivity index (χ0) is 15.3. The fourth-order valence-electron chi connectivity index (χ4n) is 1.69. The maximum atomic E-state index is 13.9. The van der Waals surface area contributed by atoms with E-state index in [4.69, 9.17) is 5.11 Å². The lowest BCUT2D eigenvalue weighted by Gasteiger charge is -2.19. The minimum absolute atomic E-state index is 0.105. The number of sulfonamides is 1. The van der Waals surface area contributed by atoms with E-state index in [1.807, 2.05) is 0 Å². The van der Waals surface area contributed by atoms with Gasteiger partial charge >= 0.3 is 0 Å². The van der Waals surface area contributed by atoms with E-state index in [2.05, 4.69) is 5.32 Å². The summed E-state index contributed by atoms with van der Waals surface area (Å²) in [4.78, 5) is 10.4. The van der Waals surface area contributed by atoms with Crippen LogP contribution in [-0.4, -0.2) is 43.4 Å². The molecule has 1 aromatic rings. The lowest BCUT2D eigenvalue weighted by atomic mass is 10.3. The van der Waals surface area contributed by atoms with Crippen LogP contribution in [-0.2, 0) is 14.8 Å². The summed E-state index contributed by atoms with van der Waals surface area (Å²) >= 11 is 0. The monoisotopic (exact) mass is 304 g/mol. The van der Waals surface area contributed by atoms with Gasteiger partial charge in [0.1, 0.15) is 10.7 Å². The van der Waals surface area contributed by atoms with E-state index in [-0.39, 0.29) is 31.3 Å². The van der Waals surface area contributed by atoms with Crippen molar-refractivity contribution in [1.82, 2.24) is 4.31 Å². The quantitative estimate of drug-likeness (QED) is 0.813. The summed E-state index contributed by atoms with van der Waals surface area (Å²) in [6, 6.07) is 3.35. The molecule has 0 aliphatic heterocycles. The minimum Gasteiger partial charge on any atom is -0.395 e. The first kappa shape index (κ1) is 16.5. The molecule has 2 N–H and O–H groups in total. The number of likely N-dealkylation sites (N-methyl/N-ethyl adjacent to an activating group) is 1. The topological polar surface area (TPSA) is 86.7 Å². The van der Waals surface area contributed by atoms with E-state index in [0.29, 0.717) is 0 Å². The summed E-state index contributed by atoms with van der Waals surface area (Å²) in [6.07, 6.45) is 0. The van der Waals surface area contributed by atoms with E-state index in [0.717, 1.165) is 16.4 Å². The highest BCUT2D eigenvalue weighted by Gasteiger charge is 2.26. The van der Waals surface area contributed by atoms with E-state index < -0.39 is 20.7 Å². The molecule has 0 heterocycles. The van der Waals surface area contributed by atoms with Crippen LogP contribution in [0.2, 0.25) is 0 Å². The Morgan fingerprint density at radius 1 is 1.45 bits per heavy atom. The Morgan fingerprint density at radius 2 is 2.10 bits per heavy atom. The number of anilines is 1. The van der Waals surface area contributed by atoms with Crippen LogP contribution in [0.4, 0.5) is 10.1 Å². The fourth-order valence-corrected chi connectivity index (χ4v) is 3.18. The number of amides is 1. The number of aliphatic hydroxyl groups excluding tert-OH is 1. The Bertz CT molecular complexity index is 589. The highest BCUT2D eigenvalue weighted by molar-refractivity contribution is 7.89. The van der Waals surface area contributed by atoms with Gasteiger partial charge in [-0.05, 0) is 18.2 Å². The van der Waals surface area contributed by atoms with Gasteiger partial charge in [0, 0.05) is 25.7 Å². The lowest BCUT2D eigenvalue weighted by Crippen LogP contribution is -2.33. The molecule has 0 saturated heterocycles. The molecule has 6 nitrogen and oxygen atoms in total. The zero-order valence-electron chi connectivity index (χ0n) is 11.3. The number of carbonyl (C=O) groups excluding carboxylic acids is 1. The molecule has 0 saturated carbocycles. The number of hydrogen-bond acceptors (Lipinski definition) is 4. The summed E-state index contributed by atoms with van der Waals surface area (Å²) in [5.74, 6) is -1.33. The first-order valence-corrected chi connectivity index (χ1v) is 7.45. The Labute approximate surface area is 117 Å². The van der Waals surface area contributed by atoms with E-state index in [1.54, 1.807) is 6.92 Å². The summed E-state index contributed by atoms with van der Waals surface area (Å²) in [6.45, 7) is 2.53. The van der Waals surface area contributed by atoms with Gasteiger partial charge in [0.2, 0.25) is 15.9 Å². The molecule has 1 aromatic carbocycles. The molecule has 0 atom stereocenters. The SMILES string of the molecule is CCN(CCO)S(=O)(=O)c1ccc(NC(C)=O)cc1F. The van der Waals surface area contributed by atoms with Crippen molar-refractivity contribution in [3.63, 3.8) is 0 Å². The van der Waals surface area contributed by atoms with Gasteiger partial charge in [-0.2, -0.15) is 4.31 Å². The molecular formula is C12H17FN2O4S. The molecule has 0 aromatic heterocycles. The smallest absolute Gasteiger partial charge is 0.246 e. The Morgan fingerprint density at radius 3 is 2.55 bits per heavy atom. The zero-order valence-corrected chi connectivity index (χ0v) is 12.1. The third-order valence-corrected chi connectivity index (χ3v) is 4.58. The van der Waals surface area contributed by atoms with Crippen LogP contribution >= 0.6 is 0 Å². The van der Waals surface area contributed by atoms with Gasteiger partial charge in [-0.15, -0.1) is 0 Å². The standard InChI is InChI=1S/C12H17FN2O4S/c1-3-15(6-7-16)20(18,19)12-5-4-10(8-11(12)13)14-9(2)17/h4-5,8,16H,3,6-7H2,1-2H3,(H,14,17). The van der Waals surface area contributed by atoms with Crippen LogP contribution in [0.15, 0.2) is 23.1 Å². The van der Waals surface area contributed by atoms with Gasteiger partial charge in [-0.3, -0.25) is 4.79 Å². The van der Waals surface area contributed by atoms with Crippen molar-refractivity contribution < 1.29 is 22.7 Å². The van der Waals surface area contributed by atoms with Crippen molar-refractivity contribution in [2.45, 2.75) is 18.7 Å². The van der Waals surface area contributed by atoms with Crippen LogP contribution < -0.4 is 5.32 Å². The third kappa shape index (κ3) is 3.75. The Hall–Kier alpha value is -1.51. The average molecular weight is 304 g/mol. The van der Waals surface area contributed by atoms with E-state index in [1.165, 1.54) is 13.0 Å². The number of carbonyl (C=O) groups is 1. The second-order valence-corrected chi connectivity index (χ2v) is 5.95. The lowest BCUT2D eigenvalue weighted by molar-refractivity contribution is -0.114. The van der Waals surface area contributed by atoms with Crippen molar-refractivity contribution in [2.24, 2.45) is 0 Å². The molecular weight excluding hydrogens is 287 g/mol. The highest BCUT2D eigenvalue weighted by atomic mass is 32.2. The predicted molar refractivity (Wildman–Crippen MR) is 72.2 cm³/mol.